The standard InChI is InChI=1S/C17H16N4O2/c1-21-15(17(22)19-12-7-9-18-10-8-12)11-14(20-21)13-5-3-4-6-16(13)23-2/h3-11H,1-2H3,(H,18,19,22). The van der Waals surface area contributed by atoms with E-state index in [4.69, 9.17) is 4.74 Å². The number of benzene rings is 1. The van der Waals surface area contributed by atoms with Crippen LogP contribution in [0.1, 0.15) is 10.5 Å². The monoisotopic (exact) mass is 308 g/mol. The fourth-order valence-electron chi connectivity index (χ4n) is 2.30. The van der Waals surface area contributed by atoms with E-state index >= 15 is 0 Å². The molecular weight excluding hydrogens is 292 g/mol. The fourth-order valence-corrected chi connectivity index (χ4v) is 2.30. The third-order valence-electron chi connectivity index (χ3n) is 3.43. The molecule has 2 heterocycles. The molecule has 0 atom stereocenters. The van der Waals surface area contributed by atoms with Crippen LogP contribution in [0.5, 0.6) is 5.75 Å². The Morgan fingerprint density at radius 1 is 1.17 bits per heavy atom. The number of methoxy groups -OCH3 is 1. The molecular formula is C17H16N4O2. The second-order valence-electron chi connectivity index (χ2n) is 4.93. The van der Waals surface area contributed by atoms with Crippen LogP contribution in [0.2, 0.25) is 0 Å². The van der Waals surface area contributed by atoms with Gasteiger partial charge in [-0.3, -0.25) is 14.5 Å². The lowest BCUT2D eigenvalue weighted by atomic mass is 10.1. The van der Waals surface area contributed by atoms with Crippen molar-refractivity contribution < 1.29 is 9.53 Å². The topological polar surface area (TPSA) is 69.0 Å². The van der Waals surface area contributed by atoms with Crippen LogP contribution >= 0.6 is 0 Å². The maximum Gasteiger partial charge on any atom is 0.273 e. The molecule has 0 fully saturated rings. The van der Waals surface area contributed by atoms with E-state index in [1.807, 2.05) is 24.3 Å². The van der Waals surface area contributed by atoms with Gasteiger partial charge in [0.05, 0.1) is 12.8 Å². The lowest BCUT2D eigenvalue weighted by Crippen LogP contribution is -2.15. The predicted octanol–water partition coefficient (Wildman–Crippen LogP) is 2.74. The van der Waals surface area contributed by atoms with Gasteiger partial charge in [-0.15, -0.1) is 0 Å². The molecule has 23 heavy (non-hydrogen) atoms. The number of pyridine rings is 1. The average molecular weight is 308 g/mol. The van der Waals surface area contributed by atoms with Crippen molar-refractivity contribution in [3.05, 3.63) is 60.6 Å². The summed E-state index contributed by atoms with van der Waals surface area (Å²) >= 11 is 0. The molecule has 0 bridgehead atoms. The number of hydrogen-bond acceptors (Lipinski definition) is 4. The predicted molar refractivity (Wildman–Crippen MR) is 87.4 cm³/mol. The number of nitrogens with zero attached hydrogens (tertiary/aromatic N) is 3. The molecule has 0 saturated carbocycles. The molecule has 0 unspecified atom stereocenters. The zero-order valence-electron chi connectivity index (χ0n) is 12.9. The molecule has 0 aliphatic heterocycles. The highest BCUT2D eigenvalue weighted by Crippen LogP contribution is 2.29. The van der Waals surface area contributed by atoms with Gasteiger partial charge in [0.1, 0.15) is 11.4 Å². The summed E-state index contributed by atoms with van der Waals surface area (Å²) in [7, 11) is 3.35. The van der Waals surface area contributed by atoms with E-state index in [9.17, 15) is 4.79 Å². The molecule has 0 aliphatic rings. The largest absolute Gasteiger partial charge is 0.496 e. The van der Waals surface area contributed by atoms with Crippen molar-refractivity contribution >= 4 is 11.6 Å². The van der Waals surface area contributed by atoms with E-state index < -0.39 is 0 Å². The van der Waals surface area contributed by atoms with Crippen LogP contribution in [0.4, 0.5) is 5.69 Å². The normalized spacial score (nSPS) is 10.3. The maximum atomic E-state index is 12.4. The summed E-state index contributed by atoms with van der Waals surface area (Å²) in [6.07, 6.45) is 3.25. The summed E-state index contributed by atoms with van der Waals surface area (Å²) in [5, 5.41) is 7.24. The van der Waals surface area contributed by atoms with Crippen LogP contribution < -0.4 is 10.1 Å². The highest BCUT2D eigenvalue weighted by Gasteiger charge is 2.16. The lowest BCUT2D eigenvalue weighted by molar-refractivity contribution is 0.101. The number of ether oxygens (including phenoxy) is 1. The van der Waals surface area contributed by atoms with Gasteiger partial charge in [0, 0.05) is 30.7 Å². The third kappa shape index (κ3) is 3.06. The summed E-state index contributed by atoms with van der Waals surface area (Å²) < 4.78 is 6.90. The minimum Gasteiger partial charge on any atom is -0.496 e. The van der Waals surface area contributed by atoms with Crippen molar-refractivity contribution in [3.8, 4) is 17.0 Å². The Morgan fingerprint density at radius 3 is 2.65 bits per heavy atom. The van der Waals surface area contributed by atoms with Gasteiger partial charge in [0.15, 0.2) is 0 Å². The number of carbonyl (C=O) groups excluding carboxylic acids is 1. The number of hydrogen-bond donors (Lipinski definition) is 1. The molecule has 116 valence electrons. The first-order valence-electron chi connectivity index (χ1n) is 7.08. The molecule has 0 saturated heterocycles. The van der Waals surface area contributed by atoms with Crippen molar-refractivity contribution in [2.75, 3.05) is 12.4 Å². The summed E-state index contributed by atoms with van der Waals surface area (Å²) in [6.45, 7) is 0. The number of amides is 1. The van der Waals surface area contributed by atoms with Crippen molar-refractivity contribution in [1.29, 1.82) is 0 Å². The Labute approximate surface area is 133 Å². The molecule has 0 spiro atoms. The van der Waals surface area contributed by atoms with Crippen LogP contribution in [-0.4, -0.2) is 27.8 Å². The molecule has 3 aromatic rings. The lowest BCUT2D eigenvalue weighted by Gasteiger charge is -2.04. The first-order chi connectivity index (χ1) is 11.2. The minimum absolute atomic E-state index is 0.229. The number of para-hydroxylation sites is 1. The Hall–Kier alpha value is -3.15. The average Bonchev–Trinajstić information content (AvgIpc) is 2.97. The number of anilines is 1. The van der Waals surface area contributed by atoms with Crippen LogP contribution in [0, 0.1) is 0 Å². The summed E-state index contributed by atoms with van der Waals surface area (Å²) in [5.41, 5.74) is 2.67. The van der Waals surface area contributed by atoms with E-state index in [0.29, 0.717) is 22.8 Å². The number of nitrogens with one attached hydrogen (secondary N) is 1. The fraction of sp³-hybridized carbons (Fsp3) is 0.118. The van der Waals surface area contributed by atoms with E-state index in [-0.39, 0.29) is 5.91 Å². The van der Waals surface area contributed by atoms with Gasteiger partial charge < -0.3 is 10.1 Å². The van der Waals surface area contributed by atoms with Gasteiger partial charge in [-0.05, 0) is 30.3 Å². The van der Waals surface area contributed by atoms with Gasteiger partial charge in [-0.1, -0.05) is 12.1 Å². The second kappa shape index (κ2) is 6.31. The Morgan fingerprint density at radius 2 is 1.91 bits per heavy atom. The molecule has 2 aromatic heterocycles. The van der Waals surface area contributed by atoms with Crippen LogP contribution in [0.25, 0.3) is 11.3 Å². The quantitative estimate of drug-likeness (QED) is 0.804. The molecule has 0 aliphatic carbocycles. The maximum absolute atomic E-state index is 12.4. The van der Waals surface area contributed by atoms with Gasteiger partial charge in [0.25, 0.3) is 5.91 Å². The van der Waals surface area contributed by atoms with Crippen LogP contribution in [0.3, 0.4) is 0 Å². The Balaban J connectivity index is 1.90. The van der Waals surface area contributed by atoms with E-state index in [0.717, 1.165) is 5.56 Å². The highest BCUT2D eigenvalue weighted by molar-refractivity contribution is 6.03. The number of carbonyl (C=O) groups is 1. The highest BCUT2D eigenvalue weighted by atomic mass is 16.5. The molecule has 1 aromatic carbocycles. The minimum atomic E-state index is -0.229. The Bertz CT molecular complexity index is 828. The van der Waals surface area contributed by atoms with E-state index in [1.54, 1.807) is 49.4 Å². The SMILES string of the molecule is COc1ccccc1-c1cc(C(=O)Nc2ccncc2)n(C)n1. The van der Waals surface area contributed by atoms with Crippen LogP contribution in [0.15, 0.2) is 54.9 Å². The molecule has 1 amide bonds. The van der Waals surface area contributed by atoms with Gasteiger partial charge in [-0.25, -0.2) is 0 Å². The number of aromatic nitrogens is 3. The van der Waals surface area contributed by atoms with Gasteiger partial charge >= 0.3 is 0 Å². The third-order valence-corrected chi connectivity index (χ3v) is 3.43. The zero-order chi connectivity index (χ0) is 16.2. The molecule has 1 N–H and O–H groups in total. The van der Waals surface area contributed by atoms with Gasteiger partial charge in [-0.2, -0.15) is 5.10 Å². The van der Waals surface area contributed by atoms with Crippen LogP contribution in [-0.2, 0) is 7.05 Å². The molecule has 3 rings (SSSR count). The number of aryl methyl sites for hydroxylation is 1. The molecule has 6 heteroatoms. The first kappa shape index (κ1) is 14.8. The molecule has 6 nitrogen and oxygen atoms in total. The first-order valence-corrected chi connectivity index (χ1v) is 7.08. The van der Waals surface area contributed by atoms with E-state index in [1.165, 1.54) is 0 Å². The van der Waals surface area contributed by atoms with Crippen molar-refractivity contribution in [2.24, 2.45) is 7.05 Å². The second-order valence-corrected chi connectivity index (χ2v) is 4.93. The molecule has 0 radical (unpaired) electrons. The van der Waals surface area contributed by atoms with Crippen molar-refractivity contribution in [2.45, 2.75) is 0 Å². The van der Waals surface area contributed by atoms with Crippen molar-refractivity contribution in [3.63, 3.8) is 0 Å². The van der Waals surface area contributed by atoms with Gasteiger partial charge in [0.2, 0.25) is 0 Å². The number of rotatable bonds is 4. The van der Waals surface area contributed by atoms with Crippen molar-refractivity contribution in [1.82, 2.24) is 14.8 Å². The van der Waals surface area contributed by atoms with E-state index in [2.05, 4.69) is 15.4 Å². The zero-order valence-corrected chi connectivity index (χ0v) is 12.9. The summed E-state index contributed by atoms with van der Waals surface area (Å²) in [4.78, 5) is 16.3. The summed E-state index contributed by atoms with van der Waals surface area (Å²) in [5.74, 6) is 0.485. The smallest absolute Gasteiger partial charge is 0.273 e. The summed E-state index contributed by atoms with van der Waals surface area (Å²) in [6, 6.07) is 12.8. The Kier molecular flexibility index (Phi) is 4.05.